The molecule has 3 amide bonds. The van der Waals surface area contributed by atoms with Gasteiger partial charge in [0.1, 0.15) is 0 Å². The van der Waals surface area contributed by atoms with E-state index < -0.39 is 33.8 Å². The van der Waals surface area contributed by atoms with E-state index in [0.717, 1.165) is 25.7 Å². The lowest BCUT2D eigenvalue weighted by Crippen LogP contribution is -2.47. The second-order valence-corrected chi connectivity index (χ2v) is 8.64. The number of carbonyl (C=O) groups excluding carboxylic acids is 3. The zero-order chi connectivity index (χ0) is 20.0. The summed E-state index contributed by atoms with van der Waals surface area (Å²) in [5.74, 6) is -1.90. The Balaban J connectivity index is 1.99. The summed E-state index contributed by atoms with van der Waals surface area (Å²) in [6.07, 6.45) is 2.55. The van der Waals surface area contributed by atoms with Crippen LogP contribution < -0.4 is 10.6 Å². The highest BCUT2D eigenvalue weighted by Gasteiger charge is 2.26. The lowest BCUT2D eigenvalue weighted by molar-refractivity contribution is -0.127. The Labute approximate surface area is 158 Å². The van der Waals surface area contributed by atoms with Gasteiger partial charge in [-0.2, -0.15) is 0 Å². The zero-order valence-corrected chi connectivity index (χ0v) is 16.2. The fourth-order valence-corrected chi connectivity index (χ4v) is 3.93. The van der Waals surface area contributed by atoms with Gasteiger partial charge < -0.3 is 10.1 Å². The topological polar surface area (TPSA) is 119 Å². The van der Waals surface area contributed by atoms with Gasteiger partial charge in [-0.25, -0.2) is 18.0 Å². The van der Waals surface area contributed by atoms with Crippen LogP contribution in [0.2, 0.25) is 0 Å². The quantitative estimate of drug-likeness (QED) is 0.708. The smallest absolute Gasteiger partial charge is 0.340 e. The largest absolute Gasteiger partial charge is 0.449 e. The normalized spacial score (nSPS) is 15.8. The molecule has 0 aliphatic heterocycles. The third-order valence-electron chi connectivity index (χ3n) is 4.40. The highest BCUT2D eigenvalue weighted by Crippen LogP contribution is 2.19. The van der Waals surface area contributed by atoms with Crippen LogP contribution in [0, 0.1) is 0 Å². The summed E-state index contributed by atoms with van der Waals surface area (Å²) in [4.78, 5) is 36.1. The Bertz CT molecular complexity index is 815. The molecule has 1 atom stereocenters. The van der Waals surface area contributed by atoms with Crippen LogP contribution in [0.4, 0.5) is 4.79 Å². The van der Waals surface area contributed by atoms with Crippen molar-refractivity contribution in [2.75, 3.05) is 5.75 Å². The number of hydrogen-bond acceptors (Lipinski definition) is 6. The Morgan fingerprint density at radius 3 is 2.44 bits per heavy atom. The summed E-state index contributed by atoms with van der Waals surface area (Å²) in [5.41, 5.74) is -0.144. The molecule has 9 heteroatoms. The lowest BCUT2D eigenvalue weighted by atomic mass is 10.2. The number of rotatable bonds is 6. The van der Waals surface area contributed by atoms with Crippen molar-refractivity contribution in [2.24, 2.45) is 0 Å². The van der Waals surface area contributed by atoms with E-state index in [4.69, 9.17) is 4.74 Å². The van der Waals surface area contributed by atoms with Crippen LogP contribution in [0.1, 0.15) is 49.9 Å². The van der Waals surface area contributed by atoms with Crippen molar-refractivity contribution >= 4 is 27.7 Å². The van der Waals surface area contributed by atoms with E-state index in [9.17, 15) is 22.8 Å². The predicted molar refractivity (Wildman–Crippen MR) is 98.0 cm³/mol. The van der Waals surface area contributed by atoms with Crippen molar-refractivity contribution in [3.63, 3.8) is 0 Å². The molecule has 148 valence electrons. The molecule has 8 nitrogen and oxygen atoms in total. The molecule has 0 saturated heterocycles. The van der Waals surface area contributed by atoms with Crippen molar-refractivity contribution < 1.29 is 27.5 Å². The second-order valence-electron chi connectivity index (χ2n) is 6.39. The first kappa shape index (κ1) is 20.9. The maximum Gasteiger partial charge on any atom is 0.340 e. The first-order valence-corrected chi connectivity index (χ1v) is 10.5. The third kappa shape index (κ3) is 5.53. The van der Waals surface area contributed by atoms with Gasteiger partial charge in [0, 0.05) is 6.04 Å². The highest BCUT2D eigenvalue weighted by atomic mass is 32.2. The van der Waals surface area contributed by atoms with E-state index >= 15 is 0 Å². The highest BCUT2D eigenvalue weighted by molar-refractivity contribution is 7.91. The van der Waals surface area contributed by atoms with Crippen molar-refractivity contribution in [3.8, 4) is 0 Å². The number of benzene rings is 1. The SMILES string of the molecule is CCS(=O)(=O)c1ccccc1C(=O)O[C@@H](C)C(=O)NC(=O)NC1CCCC1. The summed E-state index contributed by atoms with van der Waals surface area (Å²) >= 11 is 0. The molecule has 1 fully saturated rings. The summed E-state index contributed by atoms with van der Waals surface area (Å²) < 4.78 is 29.3. The standard InChI is InChI=1S/C18H24N2O6S/c1-3-27(24,25)15-11-7-6-10-14(15)17(22)26-12(2)16(21)20-18(23)19-13-8-4-5-9-13/h6-7,10-13H,3-5,8-9H2,1-2H3,(H2,19,20,21,23)/t12-/m0/s1. The minimum Gasteiger partial charge on any atom is -0.449 e. The van der Waals surface area contributed by atoms with Crippen molar-refractivity contribution in [1.82, 2.24) is 10.6 Å². The molecular weight excluding hydrogens is 372 g/mol. The van der Waals surface area contributed by atoms with Crippen LogP contribution >= 0.6 is 0 Å². The molecule has 0 heterocycles. The van der Waals surface area contributed by atoms with Gasteiger partial charge in [0.25, 0.3) is 5.91 Å². The molecule has 0 spiro atoms. The van der Waals surface area contributed by atoms with E-state index in [1.807, 2.05) is 0 Å². The summed E-state index contributed by atoms with van der Waals surface area (Å²) in [5, 5.41) is 4.83. The average Bonchev–Trinajstić information content (AvgIpc) is 3.14. The van der Waals surface area contributed by atoms with Gasteiger partial charge in [0.15, 0.2) is 15.9 Å². The summed E-state index contributed by atoms with van der Waals surface area (Å²) in [6.45, 7) is 2.78. The molecule has 2 rings (SSSR count). The van der Waals surface area contributed by atoms with Crippen LogP contribution in [0.3, 0.4) is 0 Å². The summed E-state index contributed by atoms with van der Waals surface area (Å²) in [7, 11) is -3.63. The minimum atomic E-state index is -3.63. The van der Waals surface area contributed by atoms with Gasteiger partial charge in [0.05, 0.1) is 16.2 Å². The van der Waals surface area contributed by atoms with Gasteiger partial charge in [0.2, 0.25) is 0 Å². The van der Waals surface area contributed by atoms with E-state index in [0.29, 0.717) is 0 Å². The van der Waals surface area contributed by atoms with Crippen LogP contribution in [0.15, 0.2) is 29.2 Å². The van der Waals surface area contributed by atoms with Crippen LogP contribution in [-0.4, -0.2) is 44.2 Å². The molecule has 1 aliphatic carbocycles. The fourth-order valence-electron chi connectivity index (χ4n) is 2.84. The van der Waals surface area contributed by atoms with Crippen molar-refractivity contribution in [2.45, 2.75) is 56.6 Å². The van der Waals surface area contributed by atoms with Gasteiger partial charge in [-0.15, -0.1) is 0 Å². The molecule has 0 bridgehead atoms. The summed E-state index contributed by atoms with van der Waals surface area (Å²) in [6, 6.07) is 5.05. The number of esters is 1. The third-order valence-corrected chi connectivity index (χ3v) is 6.19. The van der Waals surface area contributed by atoms with Gasteiger partial charge in [-0.3, -0.25) is 10.1 Å². The molecule has 1 aromatic rings. The molecule has 0 unspecified atom stereocenters. The number of nitrogens with one attached hydrogen (secondary N) is 2. The molecule has 1 aromatic carbocycles. The number of ether oxygens (including phenoxy) is 1. The molecular formula is C18H24N2O6S. The minimum absolute atomic E-state index is 0.0433. The monoisotopic (exact) mass is 396 g/mol. The fraction of sp³-hybridized carbons (Fsp3) is 0.500. The van der Waals surface area contributed by atoms with Crippen molar-refractivity contribution in [1.29, 1.82) is 0 Å². The molecule has 1 saturated carbocycles. The van der Waals surface area contributed by atoms with Crippen LogP contribution in [-0.2, 0) is 19.4 Å². The van der Waals surface area contributed by atoms with E-state index in [1.54, 1.807) is 0 Å². The molecule has 0 aromatic heterocycles. The molecule has 27 heavy (non-hydrogen) atoms. The lowest BCUT2D eigenvalue weighted by Gasteiger charge is -2.16. The van der Waals surface area contributed by atoms with Crippen molar-refractivity contribution in [3.05, 3.63) is 29.8 Å². The number of imide groups is 1. The van der Waals surface area contributed by atoms with Crippen LogP contribution in [0.25, 0.3) is 0 Å². The Morgan fingerprint density at radius 2 is 1.81 bits per heavy atom. The zero-order valence-electron chi connectivity index (χ0n) is 15.4. The Kier molecular flexibility index (Phi) is 6.95. The molecule has 1 aliphatic rings. The predicted octanol–water partition coefficient (Wildman–Crippen LogP) is 1.79. The first-order chi connectivity index (χ1) is 12.7. The Hall–Kier alpha value is -2.42. The number of amides is 3. The van der Waals surface area contributed by atoms with E-state index in [-0.39, 0.29) is 22.3 Å². The number of carbonyl (C=O) groups is 3. The number of hydrogen-bond donors (Lipinski definition) is 2. The number of urea groups is 1. The maximum atomic E-state index is 12.3. The molecule has 2 N–H and O–H groups in total. The van der Waals surface area contributed by atoms with Gasteiger partial charge >= 0.3 is 12.0 Å². The average molecular weight is 396 g/mol. The van der Waals surface area contributed by atoms with Gasteiger partial charge in [-0.1, -0.05) is 31.9 Å². The van der Waals surface area contributed by atoms with Crippen LogP contribution in [0.5, 0.6) is 0 Å². The van der Waals surface area contributed by atoms with E-state index in [2.05, 4.69) is 10.6 Å². The first-order valence-electron chi connectivity index (χ1n) is 8.88. The second kappa shape index (κ2) is 8.98. The van der Waals surface area contributed by atoms with Gasteiger partial charge in [-0.05, 0) is 31.9 Å². The van der Waals surface area contributed by atoms with E-state index in [1.165, 1.54) is 38.1 Å². The Morgan fingerprint density at radius 1 is 1.19 bits per heavy atom. The molecule has 0 radical (unpaired) electrons. The maximum absolute atomic E-state index is 12.3. The number of sulfone groups is 1.